The maximum absolute atomic E-state index is 12.5. The first-order valence-electron chi connectivity index (χ1n) is 8.34. The highest BCUT2D eigenvalue weighted by molar-refractivity contribution is 7.20. The van der Waals surface area contributed by atoms with E-state index in [9.17, 15) is 9.59 Å². The van der Waals surface area contributed by atoms with Gasteiger partial charge in [-0.25, -0.2) is 4.79 Å². The lowest BCUT2D eigenvalue weighted by molar-refractivity contribution is -0.120. The van der Waals surface area contributed by atoms with Crippen molar-refractivity contribution in [3.8, 4) is 0 Å². The van der Waals surface area contributed by atoms with Crippen LogP contribution in [0.2, 0.25) is 0 Å². The summed E-state index contributed by atoms with van der Waals surface area (Å²) in [6, 6.07) is 7.51. The molecule has 0 radical (unpaired) electrons. The number of benzene rings is 1. The molecule has 6 heteroatoms. The molecule has 1 aliphatic carbocycles. The Balaban J connectivity index is 1.75. The molecule has 1 saturated carbocycles. The monoisotopic (exact) mass is 346 g/mol. The van der Waals surface area contributed by atoms with Crippen LogP contribution in [0.5, 0.6) is 0 Å². The van der Waals surface area contributed by atoms with Gasteiger partial charge in [-0.1, -0.05) is 6.42 Å². The molecular formula is C18H22N2O3S. The zero-order chi connectivity index (χ0) is 17.1. The number of carbonyl (C=O) groups is 2. The van der Waals surface area contributed by atoms with Crippen molar-refractivity contribution < 1.29 is 14.3 Å². The van der Waals surface area contributed by atoms with Crippen LogP contribution in [0.1, 0.15) is 35.9 Å². The Morgan fingerprint density at radius 2 is 2.17 bits per heavy atom. The third-order valence-corrected chi connectivity index (χ3v) is 5.66. The summed E-state index contributed by atoms with van der Waals surface area (Å²) in [4.78, 5) is 24.9. The smallest absolute Gasteiger partial charge is 0.348 e. The van der Waals surface area contributed by atoms with E-state index in [1.807, 2.05) is 24.3 Å². The lowest BCUT2D eigenvalue weighted by Crippen LogP contribution is -2.29. The highest BCUT2D eigenvalue weighted by Crippen LogP contribution is 2.33. The fourth-order valence-corrected chi connectivity index (χ4v) is 4.26. The van der Waals surface area contributed by atoms with Gasteiger partial charge in [0.15, 0.2) is 0 Å². The summed E-state index contributed by atoms with van der Waals surface area (Å²) in [6.45, 7) is 2.71. The van der Waals surface area contributed by atoms with Crippen LogP contribution in [0.4, 0.5) is 5.69 Å². The van der Waals surface area contributed by atoms with Gasteiger partial charge >= 0.3 is 5.97 Å². The molecule has 3 rings (SSSR count). The molecule has 1 heterocycles. The number of esters is 1. The first-order chi connectivity index (χ1) is 11.6. The minimum atomic E-state index is -0.305. The Hall–Kier alpha value is -1.92. The topological polar surface area (TPSA) is 81.4 Å². The van der Waals surface area contributed by atoms with Crippen LogP contribution in [0, 0.1) is 11.8 Å². The molecular weight excluding hydrogens is 324 g/mol. The van der Waals surface area contributed by atoms with Crippen molar-refractivity contribution >= 4 is 39.0 Å². The Labute approximate surface area is 145 Å². The van der Waals surface area contributed by atoms with E-state index in [2.05, 4.69) is 5.32 Å². The Bertz CT molecular complexity index is 756. The summed E-state index contributed by atoms with van der Waals surface area (Å²) >= 11 is 1.40. The number of carbonyl (C=O) groups excluding carboxylic acids is 2. The van der Waals surface area contributed by atoms with Crippen LogP contribution in [-0.4, -0.2) is 25.0 Å². The van der Waals surface area contributed by atoms with Crippen molar-refractivity contribution in [3.05, 3.63) is 29.1 Å². The minimum Gasteiger partial charge on any atom is -0.462 e. The lowest BCUT2D eigenvalue weighted by Gasteiger charge is -2.17. The molecule has 128 valence electrons. The molecule has 1 fully saturated rings. The number of nitrogens with two attached hydrogens (primary N) is 1. The average Bonchev–Trinajstić information content (AvgIpc) is 3.21. The molecule has 0 saturated heterocycles. The van der Waals surface area contributed by atoms with Gasteiger partial charge in [0, 0.05) is 16.3 Å². The van der Waals surface area contributed by atoms with Crippen molar-refractivity contribution in [1.82, 2.24) is 0 Å². The van der Waals surface area contributed by atoms with Gasteiger partial charge in [0.1, 0.15) is 4.88 Å². The number of amides is 1. The van der Waals surface area contributed by atoms with E-state index in [-0.39, 0.29) is 23.7 Å². The van der Waals surface area contributed by atoms with Crippen molar-refractivity contribution in [2.45, 2.75) is 26.2 Å². The number of anilines is 1. The molecule has 0 aliphatic heterocycles. The van der Waals surface area contributed by atoms with Gasteiger partial charge in [-0.15, -0.1) is 11.3 Å². The molecule has 3 N–H and O–H groups in total. The van der Waals surface area contributed by atoms with Crippen LogP contribution >= 0.6 is 11.3 Å². The van der Waals surface area contributed by atoms with Crippen LogP contribution < -0.4 is 11.1 Å². The fraction of sp³-hybridized carbons (Fsp3) is 0.444. The quantitative estimate of drug-likeness (QED) is 0.813. The summed E-state index contributed by atoms with van der Waals surface area (Å²) in [5, 5.41) is 3.93. The van der Waals surface area contributed by atoms with Crippen molar-refractivity contribution in [2.24, 2.45) is 17.6 Å². The van der Waals surface area contributed by atoms with Gasteiger partial charge in [0.05, 0.1) is 6.61 Å². The summed E-state index contributed by atoms with van der Waals surface area (Å²) in [7, 11) is 0. The summed E-state index contributed by atoms with van der Waals surface area (Å²) in [6.07, 6.45) is 2.99. The molecule has 24 heavy (non-hydrogen) atoms. The standard InChI is InChI=1S/C18H22N2O3S/c1-2-23-18(22)16-9-12-8-13(6-7-15(12)24-16)20-17(21)14-5-3-4-11(14)10-19/h6-9,11,14H,2-5,10,19H2,1H3,(H,20,21)/t11-,14-/m1/s1. The normalized spacial score (nSPS) is 20.2. The number of thiophene rings is 1. The second-order valence-electron chi connectivity index (χ2n) is 6.11. The van der Waals surface area contributed by atoms with E-state index in [0.29, 0.717) is 18.0 Å². The summed E-state index contributed by atoms with van der Waals surface area (Å²) < 4.78 is 6.03. The van der Waals surface area contributed by atoms with Crippen LogP contribution in [0.15, 0.2) is 24.3 Å². The molecule has 0 spiro atoms. The Kier molecular flexibility index (Phi) is 5.16. The van der Waals surface area contributed by atoms with Gasteiger partial charge in [-0.2, -0.15) is 0 Å². The predicted molar refractivity (Wildman–Crippen MR) is 96.3 cm³/mol. The third-order valence-electron chi connectivity index (χ3n) is 4.56. The first-order valence-corrected chi connectivity index (χ1v) is 9.15. The van der Waals surface area contributed by atoms with Gasteiger partial charge in [-0.05, 0) is 61.9 Å². The fourth-order valence-electron chi connectivity index (χ4n) is 3.32. The maximum atomic E-state index is 12.5. The summed E-state index contributed by atoms with van der Waals surface area (Å²) in [5.74, 6) is 0.0257. The number of rotatable bonds is 5. The molecule has 5 nitrogen and oxygen atoms in total. The van der Waals surface area contributed by atoms with Crippen molar-refractivity contribution in [1.29, 1.82) is 0 Å². The lowest BCUT2D eigenvalue weighted by atomic mass is 9.95. The first kappa shape index (κ1) is 16.9. The zero-order valence-corrected chi connectivity index (χ0v) is 14.5. The van der Waals surface area contributed by atoms with Crippen molar-refractivity contribution in [2.75, 3.05) is 18.5 Å². The SMILES string of the molecule is CCOC(=O)c1cc2cc(NC(=O)[C@@H]3CCC[C@@H]3CN)ccc2s1. The highest BCUT2D eigenvalue weighted by atomic mass is 32.1. The Morgan fingerprint density at radius 3 is 2.92 bits per heavy atom. The largest absolute Gasteiger partial charge is 0.462 e. The number of hydrogen-bond donors (Lipinski definition) is 2. The van der Waals surface area contributed by atoms with E-state index in [1.165, 1.54) is 11.3 Å². The summed E-state index contributed by atoms with van der Waals surface area (Å²) in [5.41, 5.74) is 6.52. The molecule has 1 aliphatic rings. The molecule has 0 unspecified atom stereocenters. The number of fused-ring (bicyclic) bond motifs is 1. The minimum absolute atomic E-state index is 0.00302. The van der Waals surface area contributed by atoms with E-state index < -0.39 is 0 Å². The van der Waals surface area contributed by atoms with Crippen molar-refractivity contribution in [3.63, 3.8) is 0 Å². The molecule has 2 aromatic rings. The average molecular weight is 346 g/mol. The number of nitrogens with one attached hydrogen (secondary N) is 1. The number of hydrogen-bond acceptors (Lipinski definition) is 5. The molecule has 1 aromatic heterocycles. The third kappa shape index (κ3) is 3.44. The van der Waals surface area contributed by atoms with Gasteiger partial charge in [-0.3, -0.25) is 4.79 Å². The Morgan fingerprint density at radius 1 is 1.33 bits per heavy atom. The highest BCUT2D eigenvalue weighted by Gasteiger charge is 2.31. The van der Waals surface area contributed by atoms with E-state index in [1.54, 1.807) is 6.92 Å². The van der Waals surface area contributed by atoms with Gasteiger partial charge in [0.25, 0.3) is 0 Å². The molecule has 1 amide bonds. The second-order valence-corrected chi connectivity index (χ2v) is 7.19. The van der Waals surface area contributed by atoms with Crippen LogP contribution in [0.3, 0.4) is 0 Å². The van der Waals surface area contributed by atoms with E-state index in [4.69, 9.17) is 10.5 Å². The molecule has 0 bridgehead atoms. The van der Waals surface area contributed by atoms with E-state index >= 15 is 0 Å². The molecule has 2 atom stereocenters. The van der Waals surface area contributed by atoms with E-state index in [0.717, 1.165) is 35.0 Å². The predicted octanol–water partition coefficient (Wildman–Crippen LogP) is 3.39. The second kappa shape index (κ2) is 7.32. The molecule has 1 aromatic carbocycles. The van der Waals surface area contributed by atoms with Gasteiger partial charge in [0.2, 0.25) is 5.91 Å². The maximum Gasteiger partial charge on any atom is 0.348 e. The van der Waals surface area contributed by atoms with Gasteiger partial charge < -0.3 is 15.8 Å². The van der Waals surface area contributed by atoms with Crippen LogP contribution in [-0.2, 0) is 9.53 Å². The van der Waals surface area contributed by atoms with Crippen LogP contribution in [0.25, 0.3) is 10.1 Å². The zero-order valence-electron chi connectivity index (χ0n) is 13.7. The number of ether oxygens (including phenoxy) is 1.